The molecule has 1 fully saturated rings. The lowest BCUT2D eigenvalue weighted by molar-refractivity contribution is -0.150. The van der Waals surface area contributed by atoms with Gasteiger partial charge in [-0.15, -0.1) is 0 Å². The molecule has 4 heteroatoms. The predicted octanol–water partition coefficient (Wildman–Crippen LogP) is 2.27. The summed E-state index contributed by atoms with van der Waals surface area (Å²) in [6.45, 7) is 1.80. The van der Waals surface area contributed by atoms with Crippen molar-refractivity contribution in [3.8, 4) is 0 Å². The Morgan fingerprint density at radius 3 is 2.59 bits per heavy atom. The Hall–Kier alpha value is -1.42. The Morgan fingerprint density at radius 1 is 1.53 bits per heavy atom. The first-order chi connectivity index (χ1) is 8.01. The average molecular weight is 238 g/mol. The van der Waals surface area contributed by atoms with Crippen molar-refractivity contribution < 1.29 is 19.0 Å². The fraction of sp³-hybridized carbons (Fsp3) is 0.462. The van der Waals surface area contributed by atoms with Crippen LogP contribution in [0, 0.1) is 12.7 Å². The molecule has 1 N–H and O–H groups in total. The fourth-order valence-electron chi connectivity index (χ4n) is 2.39. The molecule has 0 spiro atoms. The number of aryl methyl sites for hydroxylation is 1. The molecule has 0 aromatic heterocycles. The summed E-state index contributed by atoms with van der Waals surface area (Å²) in [5.41, 5.74) is 0.599. The van der Waals surface area contributed by atoms with Crippen molar-refractivity contribution in [1.29, 1.82) is 0 Å². The molecule has 3 nitrogen and oxygen atoms in total. The van der Waals surface area contributed by atoms with E-state index in [4.69, 9.17) is 9.84 Å². The SMILES string of the molecule is COC(C(=O)O)C1(c2ccc(C)cc2F)CC1. The molecule has 0 radical (unpaired) electrons. The maximum Gasteiger partial charge on any atom is 0.333 e. The number of hydrogen-bond donors (Lipinski definition) is 1. The number of carboxylic acid groups (broad SMARTS) is 1. The van der Waals surface area contributed by atoms with E-state index in [1.165, 1.54) is 13.2 Å². The van der Waals surface area contributed by atoms with Crippen LogP contribution in [0.15, 0.2) is 18.2 Å². The number of benzene rings is 1. The minimum absolute atomic E-state index is 0.342. The van der Waals surface area contributed by atoms with E-state index in [-0.39, 0.29) is 5.82 Å². The molecule has 0 bridgehead atoms. The van der Waals surface area contributed by atoms with Crippen LogP contribution in [0.4, 0.5) is 4.39 Å². The molecular weight excluding hydrogens is 223 g/mol. The maximum absolute atomic E-state index is 13.9. The Bertz CT molecular complexity index is 452. The Morgan fingerprint density at radius 2 is 2.18 bits per heavy atom. The van der Waals surface area contributed by atoms with Crippen molar-refractivity contribution in [2.75, 3.05) is 7.11 Å². The molecule has 1 atom stereocenters. The molecule has 1 aliphatic rings. The van der Waals surface area contributed by atoms with Crippen molar-refractivity contribution in [2.45, 2.75) is 31.3 Å². The van der Waals surface area contributed by atoms with E-state index in [0.29, 0.717) is 18.4 Å². The lowest BCUT2D eigenvalue weighted by atomic mass is 9.88. The summed E-state index contributed by atoms with van der Waals surface area (Å²) in [4.78, 5) is 11.1. The molecule has 1 aromatic carbocycles. The minimum atomic E-state index is -1.04. The first kappa shape index (κ1) is 12.0. The van der Waals surface area contributed by atoms with Gasteiger partial charge in [-0.1, -0.05) is 12.1 Å². The number of carboxylic acids is 1. The second kappa shape index (κ2) is 4.11. The minimum Gasteiger partial charge on any atom is -0.479 e. The first-order valence-corrected chi connectivity index (χ1v) is 5.53. The van der Waals surface area contributed by atoms with Crippen LogP contribution in [-0.2, 0) is 14.9 Å². The molecule has 1 saturated carbocycles. The van der Waals surface area contributed by atoms with E-state index in [1.807, 2.05) is 0 Å². The molecule has 1 aromatic rings. The number of methoxy groups -OCH3 is 1. The third kappa shape index (κ3) is 1.93. The average Bonchev–Trinajstić information content (AvgIpc) is 2.99. The number of hydrogen-bond acceptors (Lipinski definition) is 2. The van der Waals surface area contributed by atoms with Crippen LogP contribution in [0.25, 0.3) is 0 Å². The zero-order valence-electron chi connectivity index (χ0n) is 9.87. The Labute approximate surface area is 99.2 Å². The summed E-state index contributed by atoms with van der Waals surface area (Å²) in [5.74, 6) is -1.38. The van der Waals surface area contributed by atoms with Gasteiger partial charge in [0, 0.05) is 12.5 Å². The molecule has 2 rings (SSSR count). The van der Waals surface area contributed by atoms with Crippen LogP contribution in [0.2, 0.25) is 0 Å². The molecular formula is C13H15FO3. The van der Waals surface area contributed by atoms with E-state index in [2.05, 4.69) is 0 Å². The normalized spacial score (nSPS) is 18.8. The highest BCUT2D eigenvalue weighted by Crippen LogP contribution is 2.52. The molecule has 0 aliphatic heterocycles. The van der Waals surface area contributed by atoms with Gasteiger partial charge in [-0.25, -0.2) is 9.18 Å². The Balaban J connectivity index is 2.41. The van der Waals surface area contributed by atoms with Gasteiger partial charge in [0.1, 0.15) is 5.82 Å². The van der Waals surface area contributed by atoms with Gasteiger partial charge in [-0.3, -0.25) is 0 Å². The van der Waals surface area contributed by atoms with Crippen LogP contribution in [0.3, 0.4) is 0 Å². The summed E-state index contributed by atoms with van der Waals surface area (Å²) < 4.78 is 18.9. The Kier molecular flexibility index (Phi) is 2.91. The lowest BCUT2D eigenvalue weighted by Crippen LogP contribution is -2.36. The van der Waals surface area contributed by atoms with Crippen molar-refractivity contribution in [3.63, 3.8) is 0 Å². The number of ether oxygens (including phenoxy) is 1. The quantitative estimate of drug-likeness (QED) is 0.875. The van der Waals surface area contributed by atoms with Gasteiger partial charge < -0.3 is 9.84 Å². The van der Waals surface area contributed by atoms with E-state index in [9.17, 15) is 9.18 Å². The highest BCUT2D eigenvalue weighted by Gasteiger charge is 2.55. The van der Waals surface area contributed by atoms with Crippen molar-refractivity contribution >= 4 is 5.97 Å². The van der Waals surface area contributed by atoms with Gasteiger partial charge >= 0.3 is 5.97 Å². The van der Waals surface area contributed by atoms with Crippen LogP contribution in [-0.4, -0.2) is 24.3 Å². The van der Waals surface area contributed by atoms with E-state index in [1.54, 1.807) is 19.1 Å². The predicted molar refractivity (Wildman–Crippen MR) is 60.5 cm³/mol. The highest BCUT2D eigenvalue weighted by molar-refractivity contribution is 5.76. The maximum atomic E-state index is 13.9. The molecule has 0 heterocycles. The smallest absolute Gasteiger partial charge is 0.333 e. The van der Waals surface area contributed by atoms with Gasteiger partial charge in [-0.2, -0.15) is 0 Å². The van der Waals surface area contributed by atoms with Gasteiger partial charge in [-0.05, 0) is 37.0 Å². The van der Waals surface area contributed by atoms with Crippen molar-refractivity contribution in [3.05, 3.63) is 35.1 Å². The fourth-order valence-corrected chi connectivity index (χ4v) is 2.39. The van der Waals surface area contributed by atoms with Gasteiger partial charge in [0.05, 0.1) is 0 Å². The second-order valence-electron chi connectivity index (χ2n) is 4.59. The molecule has 92 valence electrons. The summed E-state index contributed by atoms with van der Waals surface area (Å²) in [6.07, 6.45) is 0.329. The van der Waals surface area contributed by atoms with E-state index >= 15 is 0 Å². The van der Waals surface area contributed by atoms with E-state index < -0.39 is 17.5 Å². The van der Waals surface area contributed by atoms with Crippen LogP contribution >= 0.6 is 0 Å². The van der Waals surface area contributed by atoms with Crippen LogP contribution in [0.1, 0.15) is 24.0 Å². The summed E-state index contributed by atoms with van der Waals surface area (Å²) in [7, 11) is 1.35. The molecule has 17 heavy (non-hydrogen) atoms. The third-order valence-electron chi connectivity index (χ3n) is 3.41. The second-order valence-corrected chi connectivity index (χ2v) is 4.59. The monoisotopic (exact) mass is 238 g/mol. The summed E-state index contributed by atoms with van der Waals surface area (Å²) in [5, 5.41) is 9.11. The molecule has 1 aliphatic carbocycles. The zero-order valence-corrected chi connectivity index (χ0v) is 9.87. The molecule has 1 unspecified atom stereocenters. The summed E-state index contributed by atoms with van der Waals surface area (Å²) in [6, 6.07) is 4.91. The van der Waals surface area contributed by atoms with Crippen LogP contribution in [0.5, 0.6) is 0 Å². The van der Waals surface area contributed by atoms with Gasteiger partial charge in [0.15, 0.2) is 6.10 Å². The highest BCUT2D eigenvalue weighted by atomic mass is 19.1. The zero-order chi connectivity index (χ0) is 12.6. The lowest BCUT2D eigenvalue weighted by Gasteiger charge is -2.23. The van der Waals surface area contributed by atoms with Crippen molar-refractivity contribution in [2.24, 2.45) is 0 Å². The first-order valence-electron chi connectivity index (χ1n) is 5.53. The topological polar surface area (TPSA) is 46.5 Å². The number of rotatable bonds is 4. The van der Waals surface area contributed by atoms with Gasteiger partial charge in [0.2, 0.25) is 0 Å². The molecule has 0 amide bonds. The number of halogens is 1. The largest absolute Gasteiger partial charge is 0.479 e. The molecule has 0 saturated heterocycles. The van der Waals surface area contributed by atoms with Crippen molar-refractivity contribution in [1.82, 2.24) is 0 Å². The van der Waals surface area contributed by atoms with Crippen LogP contribution < -0.4 is 0 Å². The van der Waals surface area contributed by atoms with E-state index in [0.717, 1.165) is 5.56 Å². The van der Waals surface area contributed by atoms with Gasteiger partial charge in [0.25, 0.3) is 0 Å². The third-order valence-corrected chi connectivity index (χ3v) is 3.41. The standard InChI is InChI=1S/C13H15FO3/c1-8-3-4-9(10(14)7-8)13(5-6-13)11(17-2)12(15)16/h3-4,7,11H,5-6H2,1-2H3,(H,15,16). The summed E-state index contributed by atoms with van der Waals surface area (Å²) >= 11 is 0. The number of aliphatic carboxylic acids is 1. The number of carbonyl (C=O) groups is 1.